The Bertz CT molecular complexity index is 543. The molecule has 1 unspecified atom stereocenters. The molecule has 0 aromatic heterocycles. The van der Waals surface area contributed by atoms with Gasteiger partial charge in [-0.15, -0.1) is 0 Å². The van der Waals surface area contributed by atoms with E-state index in [4.69, 9.17) is 11.6 Å². The molecule has 0 saturated heterocycles. The lowest BCUT2D eigenvalue weighted by molar-refractivity contribution is -0.128. The summed E-state index contributed by atoms with van der Waals surface area (Å²) in [5.74, 6) is 0.628. The maximum atomic E-state index is 11.8. The Balaban J connectivity index is 2.65. The van der Waals surface area contributed by atoms with Crippen molar-refractivity contribution in [2.45, 2.75) is 26.8 Å². The van der Waals surface area contributed by atoms with Crippen molar-refractivity contribution in [1.82, 2.24) is 16.0 Å². The number of hydrogen-bond acceptors (Lipinski definition) is 2. The summed E-state index contributed by atoms with van der Waals surface area (Å²) in [7, 11) is 3.34. The minimum absolute atomic E-state index is 0.0154. The van der Waals surface area contributed by atoms with Crippen LogP contribution in [0.1, 0.15) is 32.4 Å². The molecule has 1 amide bonds. The summed E-state index contributed by atoms with van der Waals surface area (Å²) in [6, 6.07) is 7.73. The molecule has 0 bridgehead atoms. The van der Waals surface area contributed by atoms with Crippen LogP contribution in [0.4, 0.5) is 0 Å². The molecule has 0 aliphatic heterocycles. The molecular weight excluding hydrogens is 300 g/mol. The van der Waals surface area contributed by atoms with Gasteiger partial charge in [0, 0.05) is 25.7 Å². The van der Waals surface area contributed by atoms with E-state index in [1.807, 2.05) is 45.0 Å². The number of aliphatic imine (C=N–C) groups is 1. The average molecular weight is 325 g/mol. The van der Waals surface area contributed by atoms with Gasteiger partial charge in [0.15, 0.2) is 5.96 Å². The van der Waals surface area contributed by atoms with Crippen LogP contribution in [0.2, 0.25) is 5.02 Å². The molecule has 122 valence electrons. The molecule has 6 heteroatoms. The first-order valence-electron chi connectivity index (χ1n) is 7.25. The van der Waals surface area contributed by atoms with Crippen molar-refractivity contribution in [3.63, 3.8) is 0 Å². The van der Waals surface area contributed by atoms with E-state index in [-0.39, 0.29) is 11.9 Å². The second-order valence-corrected chi connectivity index (χ2v) is 6.25. The fourth-order valence-corrected chi connectivity index (χ4v) is 2.18. The minimum atomic E-state index is -0.522. The number of nitrogens with zero attached hydrogens (tertiary/aromatic N) is 1. The molecule has 3 N–H and O–H groups in total. The number of rotatable bonds is 5. The molecule has 0 aliphatic rings. The van der Waals surface area contributed by atoms with Gasteiger partial charge in [0.2, 0.25) is 5.91 Å². The zero-order valence-corrected chi connectivity index (χ0v) is 14.6. The first-order valence-corrected chi connectivity index (χ1v) is 7.63. The Morgan fingerprint density at radius 2 is 2.09 bits per heavy atom. The van der Waals surface area contributed by atoms with Crippen molar-refractivity contribution < 1.29 is 4.79 Å². The first-order chi connectivity index (χ1) is 10.3. The van der Waals surface area contributed by atoms with E-state index < -0.39 is 5.41 Å². The summed E-state index contributed by atoms with van der Waals surface area (Å²) in [6.45, 7) is 6.27. The van der Waals surface area contributed by atoms with E-state index in [0.717, 1.165) is 5.56 Å². The van der Waals surface area contributed by atoms with Gasteiger partial charge in [-0.3, -0.25) is 9.79 Å². The summed E-state index contributed by atoms with van der Waals surface area (Å²) in [4.78, 5) is 16.0. The number of nitrogens with one attached hydrogen (secondary N) is 3. The van der Waals surface area contributed by atoms with Gasteiger partial charge in [0.25, 0.3) is 0 Å². The van der Waals surface area contributed by atoms with E-state index in [1.54, 1.807) is 14.1 Å². The first kappa shape index (κ1) is 18.3. The van der Waals surface area contributed by atoms with Gasteiger partial charge in [-0.25, -0.2) is 0 Å². The molecular formula is C16H25ClN4O. The van der Waals surface area contributed by atoms with Crippen LogP contribution in [0.15, 0.2) is 29.3 Å². The molecule has 0 fully saturated rings. The molecule has 1 aromatic carbocycles. The van der Waals surface area contributed by atoms with Gasteiger partial charge < -0.3 is 16.0 Å². The quantitative estimate of drug-likeness (QED) is 0.575. The van der Waals surface area contributed by atoms with Gasteiger partial charge in [0.05, 0.1) is 11.5 Å². The highest BCUT2D eigenvalue weighted by atomic mass is 35.5. The highest BCUT2D eigenvalue weighted by Crippen LogP contribution is 2.17. The van der Waals surface area contributed by atoms with Gasteiger partial charge in [-0.2, -0.15) is 0 Å². The molecule has 0 aliphatic carbocycles. The van der Waals surface area contributed by atoms with Crippen LogP contribution in [-0.2, 0) is 4.79 Å². The summed E-state index contributed by atoms with van der Waals surface area (Å²) in [5, 5.41) is 9.84. The van der Waals surface area contributed by atoms with Gasteiger partial charge in [0.1, 0.15) is 0 Å². The molecule has 0 saturated carbocycles. The minimum Gasteiger partial charge on any atom is -0.359 e. The summed E-state index contributed by atoms with van der Waals surface area (Å²) in [6.07, 6.45) is 0. The monoisotopic (exact) mass is 324 g/mol. The van der Waals surface area contributed by atoms with Crippen LogP contribution in [0.3, 0.4) is 0 Å². The maximum Gasteiger partial charge on any atom is 0.227 e. The highest BCUT2D eigenvalue weighted by Gasteiger charge is 2.26. The molecule has 1 atom stereocenters. The Kier molecular flexibility index (Phi) is 6.68. The number of guanidine groups is 1. The Labute approximate surface area is 137 Å². The predicted octanol–water partition coefficient (Wildman–Crippen LogP) is 2.34. The van der Waals surface area contributed by atoms with Gasteiger partial charge >= 0.3 is 0 Å². The summed E-state index contributed by atoms with van der Waals surface area (Å²) >= 11 is 6.01. The van der Waals surface area contributed by atoms with Gasteiger partial charge in [-0.1, -0.05) is 23.7 Å². The molecule has 5 nitrogen and oxygen atoms in total. The van der Waals surface area contributed by atoms with Crippen molar-refractivity contribution in [3.8, 4) is 0 Å². The fraction of sp³-hybridized carbons (Fsp3) is 0.500. The number of amides is 1. The smallest absolute Gasteiger partial charge is 0.227 e. The van der Waals surface area contributed by atoms with Crippen molar-refractivity contribution in [2.75, 3.05) is 20.6 Å². The third-order valence-electron chi connectivity index (χ3n) is 3.47. The van der Waals surface area contributed by atoms with Gasteiger partial charge in [-0.05, 0) is 38.5 Å². The van der Waals surface area contributed by atoms with Crippen molar-refractivity contribution in [2.24, 2.45) is 10.4 Å². The summed E-state index contributed by atoms with van der Waals surface area (Å²) in [5.41, 5.74) is 0.548. The fourth-order valence-electron chi connectivity index (χ4n) is 1.98. The third kappa shape index (κ3) is 5.22. The summed E-state index contributed by atoms with van der Waals surface area (Å²) < 4.78 is 0. The number of carbonyl (C=O) groups is 1. The number of carbonyl (C=O) groups excluding carboxylic acids is 1. The normalized spacial score (nSPS) is 13.5. The lowest BCUT2D eigenvalue weighted by Crippen LogP contribution is -2.47. The zero-order valence-electron chi connectivity index (χ0n) is 13.8. The standard InChI is InChI=1S/C16H25ClN4O/c1-11(12-7-6-8-13(17)9-12)21-15(19-5)20-10-16(2,3)14(22)18-4/h6-9,11H,10H2,1-5H3,(H,18,22)(H2,19,20,21). The van der Waals surface area contributed by atoms with E-state index in [1.165, 1.54) is 0 Å². The average Bonchev–Trinajstić information content (AvgIpc) is 2.50. The van der Waals surface area contributed by atoms with E-state index >= 15 is 0 Å². The van der Waals surface area contributed by atoms with Crippen molar-refractivity contribution in [3.05, 3.63) is 34.9 Å². The number of halogens is 1. The van der Waals surface area contributed by atoms with Crippen LogP contribution >= 0.6 is 11.6 Å². The van der Waals surface area contributed by atoms with E-state index in [9.17, 15) is 4.79 Å². The number of benzene rings is 1. The van der Waals surface area contributed by atoms with Crippen LogP contribution in [0, 0.1) is 5.41 Å². The van der Waals surface area contributed by atoms with Crippen LogP contribution in [-0.4, -0.2) is 32.5 Å². The highest BCUT2D eigenvalue weighted by molar-refractivity contribution is 6.30. The second-order valence-electron chi connectivity index (χ2n) is 5.81. The Morgan fingerprint density at radius 3 is 2.64 bits per heavy atom. The maximum absolute atomic E-state index is 11.8. The largest absolute Gasteiger partial charge is 0.359 e. The zero-order chi connectivity index (χ0) is 16.8. The van der Waals surface area contributed by atoms with Crippen molar-refractivity contribution >= 4 is 23.5 Å². The second kappa shape index (κ2) is 8.03. The molecule has 22 heavy (non-hydrogen) atoms. The van der Waals surface area contributed by atoms with E-state index in [0.29, 0.717) is 17.5 Å². The predicted molar refractivity (Wildman–Crippen MR) is 92.2 cm³/mol. The van der Waals surface area contributed by atoms with E-state index in [2.05, 4.69) is 20.9 Å². The third-order valence-corrected chi connectivity index (χ3v) is 3.70. The molecule has 0 heterocycles. The Morgan fingerprint density at radius 1 is 1.41 bits per heavy atom. The van der Waals surface area contributed by atoms with Crippen LogP contribution in [0.5, 0.6) is 0 Å². The lowest BCUT2D eigenvalue weighted by Gasteiger charge is -2.25. The Hall–Kier alpha value is -1.75. The molecule has 0 radical (unpaired) electrons. The van der Waals surface area contributed by atoms with Crippen LogP contribution < -0.4 is 16.0 Å². The number of hydrogen-bond donors (Lipinski definition) is 3. The van der Waals surface area contributed by atoms with Crippen LogP contribution in [0.25, 0.3) is 0 Å². The molecule has 0 spiro atoms. The van der Waals surface area contributed by atoms with Crippen molar-refractivity contribution in [1.29, 1.82) is 0 Å². The topological polar surface area (TPSA) is 65.5 Å². The molecule has 1 rings (SSSR count). The SMILES string of the molecule is CN=C(NCC(C)(C)C(=O)NC)NC(C)c1cccc(Cl)c1. The lowest BCUT2D eigenvalue weighted by atomic mass is 9.92. The molecule has 1 aromatic rings.